The number of aryl methyl sites for hydroxylation is 3. The van der Waals surface area contributed by atoms with E-state index < -0.39 is 6.36 Å². The molecule has 3 aromatic rings. The highest BCUT2D eigenvalue weighted by atomic mass is 32.2. The zero-order valence-electron chi connectivity index (χ0n) is 21.9. The second-order valence-electron chi connectivity index (χ2n) is 8.64. The van der Waals surface area contributed by atoms with E-state index in [2.05, 4.69) is 14.7 Å². The van der Waals surface area contributed by atoms with Gasteiger partial charge >= 0.3 is 6.36 Å². The average molecular weight is 569 g/mol. The Morgan fingerprint density at radius 1 is 1.05 bits per heavy atom. The summed E-state index contributed by atoms with van der Waals surface area (Å²) >= 11 is 1.29. The number of thioether (sulfide) groups is 1. The maximum atomic E-state index is 12.0. The molecule has 3 aromatic carbocycles. The number of anilines is 1. The van der Waals surface area contributed by atoms with E-state index in [-0.39, 0.29) is 17.5 Å². The summed E-state index contributed by atoms with van der Waals surface area (Å²) in [7, 11) is 0. The van der Waals surface area contributed by atoms with Gasteiger partial charge in [-0.3, -0.25) is 15.1 Å². The predicted molar refractivity (Wildman–Crippen MR) is 155 cm³/mol. The first-order valence-corrected chi connectivity index (χ1v) is 12.8. The molecule has 40 heavy (non-hydrogen) atoms. The molecule has 0 bridgehead atoms. The number of nitrogens with one attached hydrogen (secondary N) is 2. The first-order chi connectivity index (χ1) is 18.9. The number of nitrogens with two attached hydrogens (primary N) is 1. The minimum atomic E-state index is -4.73. The molecule has 0 aromatic heterocycles. The fourth-order valence-electron chi connectivity index (χ4n) is 3.84. The van der Waals surface area contributed by atoms with E-state index in [1.54, 1.807) is 24.3 Å². The molecule has 4 rings (SSSR count). The summed E-state index contributed by atoms with van der Waals surface area (Å²) in [5, 5.41) is 15.2. The van der Waals surface area contributed by atoms with Crippen molar-refractivity contribution in [1.29, 1.82) is 10.8 Å². The van der Waals surface area contributed by atoms with Gasteiger partial charge in [-0.25, -0.2) is 9.98 Å². The molecule has 0 radical (unpaired) electrons. The number of halogens is 3. The van der Waals surface area contributed by atoms with Gasteiger partial charge in [0.1, 0.15) is 17.9 Å². The van der Waals surface area contributed by atoms with Crippen LogP contribution in [0.15, 0.2) is 70.6 Å². The summed E-state index contributed by atoms with van der Waals surface area (Å²) in [6, 6.07) is 16.0. The van der Waals surface area contributed by atoms with Crippen LogP contribution >= 0.6 is 11.8 Å². The Bertz CT molecular complexity index is 1410. The Morgan fingerprint density at radius 2 is 1.65 bits per heavy atom. The van der Waals surface area contributed by atoms with Crippen LogP contribution in [0.2, 0.25) is 0 Å². The number of benzene rings is 3. The Hall–Kier alpha value is -4.45. The average Bonchev–Trinajstić information content (AvgIpc) is 3.21. The van der Waals surface area contributed by atoms with Gasteiger partial charge in [0.25, 0.3) is 0 Å². The fraction of sp³-hybridized carbons (Fsp3) is 0.179. The van der Waals surface area contributed by atoms with Crippen LogP contribution in [0.3, 0.4) is 0 Å². The van der Waals surface area contributed by atoms with Gasteiger partial charge in [0.2, 0.25) is 5.91 Å². The normalized spacial score (nSPS) is 13.8. The highest BCUT2D eigenvalue weighted by molar-refractivity contribution is 8.15. The van der Waals surface area contributed by atoms with Crippen molar-refractivity contribution in [3.05, 3.63) is 88.5 Å². The molecule has 1 aliphatic rings. The van der Waals surface area contributed by atoms with Crippen molar-refractivity contribution in [2.24, 2.45) is 15.7 Å². The lowest BCUT2D eigenvalue weighted by Crippen LogP contribution is -2.30. The lowest BCUT2D eigenvalue weighted by molar-refractivity contribution is -0.274. The number of amidine groups is 2. The van der Waals surface area contributed by atoms with Crippen LogP contribution in [0.1, 0.15) is 27.8 Å². The van der Waals surface area contributed by atoms with Crippen molar-refractivity contribution in [2.75, 3.05) is 10.7 Å². The third-order valence-electron chi connectivity index (χ3n) is 5.49. The van der Waals surface area contributed by atoms with Gasteiger partial charge in [-0.2, -0.15) is 0 Å². The van der Waals surface area contributed by atoms with E-state index in [4.69, 9.17) is 16.6 Å². The summed E-state index contributed by atoms with van der Waals surface area (Å²) in [6.07, 6.45) is -2.30. The van der Waals surface area contributed by atoms with Gasteiger partial charge in [-0.1, -0.05) is 53.7 Å². The molecule has 1 amide bonds. The molecule has 1 heterocycles. The number of carbonyl (C=O) groups is 1. The minimum absolute atomic E-state index is 0.00468. The van der Waals surface area contributed by atoms with Crippen LogP contribution in [0.25, 0.3) is 0 Å². The van der Waals surface area contributed by atoms with Crippen molar-refractivity contribution >= 4 is 52.6 Å². The van der Waals surface area contributed by atoms with Crippen LogP contribution in [0.5, 0.6) is 5.75 Å². The smallest absolute Gasteiger partial charge is 0.406 e. The number of rotatable bonds is 6. The molecule has 4 N–H and O–H groups in total. The molecule has 8 nitrogen and oxygen atoms in total. The van der Waals surface area contributed by atoms with Crippen LogP contribution < -0.4 is 15.4 Å². The quantitative estimate of drug-likeness (QED) is 0.239. The molecule has 0 atom stereocenters. The molecule has 0 aliphatic carbocycles. The number of amides is 1. The number of aliphatic imine (C=N–C) groups is 2. The first kappa shape index (κ1) is 30.1. The minimum Gasteiger partial charge on any atom is -0.406 e. The van der Waals surface area contributed by atoms with Gasteiger partial charge in [0, 0.05) is 11.8 Å². The van der Waals surface area contributed by atoms with Crippen molar-refractivity contribution in [3.8, 4) is 5.75 Å². The van der Waals surface area contributed by atoms with Gasteiger partial charge in [-0.05, 0) is 61.7 Å². The van der Waals surface area contributed by atoms with Gasteiger partial charge in [0.15, 0.2) is 5.17 Å². The number of nitrogens with zero attached hydrogens (tertiary/aromatic N) is 3. The molecule has 208 valence electrons. The maximum absolute atomic E-state index is 12.0. The zero-order chi connectivity index (χ0) is 29.4. The Morgan fingerprint density at radius 3 is 2.15 bits per heavy atom. The lowest BCUT2D eigenvalue weighted by atomic mass is 10.0. The SMILES string of the molecule is Cc1cc(C)c(N2C(=N)SCC2=O)c(C)c1.N=Cc1ccc(C(N)=NC=Nc2ccc(OC(F)(F)F)cc2)cc1. The van der Waals surface area contributed by atoms with Gasteiger partial charge in [-0.15, -0.1) is 13.2 Å². The van der Waals surface area contributed by atoms with Gasteiger partial charge < -0.3 is 15.9 Å². The van der Waals surface area contributed by atoms with E-state index in [1.165, 1.54) is 46.9 Å². The third kappa shape index (κ3) is 8.27. The summed E-state index contributed by atoms with van der Waals surface area (Å²) in [4.78, 5) is 21.2. The molecule has 1 saturated heterocycles. The van der Waals surface area contributed by atoms with E-state index in [1.807, 2.05) is 32.9 Å². The zero-order valence-corrected chi connectivity index (χ0v) is 22.7. The summed E-state index contributed by atoms with van der Waals surface area (Å²) in [5.74, 6) is 0.291. The van der Waals surface area contributed by atoms with Gasteiger partial charge in [0.05, 0.1) is 17.1 Å². The Kier molecular flexibility index (Phi) is 9.83. The molecule has 0 spiro atoms. The Balaban J connectivity index is 0.000000238. The Labute approximate surface area is 233 Å². The molecular weight excluding hydrogens is 541 g/mol. The first-order valence-electron chi connectivity index (χ1n) is 11.8. The van der Waals surface area contributed by atoms with Crippen molar-refractivity contribution in [3.63, 3.8) is 0 Å². The van der Waals surface area contributed by atoms with Crippen LogP contribution in [0, 0.1) is 31.6 Å². The highest BCUT2D eigenvalue weighted by Crippen LogP contribution is 2.32. The summed E-state index contributed by atoms with van der Waals surface area (Å²) in [5.41, 5.74) is 11.8. The van der Waals surface area contributed by atoms with Crippen LogP contribution in [-0.4, -0.2) is 41.6 Å². The van der Waals surface area contributed by atoms with Crippen molar-refractivity contribution < 1.29 is 22.7 Å². The van der Waals surface area contributed by atoms with Crippen LogP contribution in [-0.2, 0) is 4.79 Å². The summed E-state index contributed by atoms with van der Waals surface area (Å²) in [6.45, 7) is 6.01. The molecule has 12 heteroatoms. The molecule has 0 unspecified atom stereocenters. The fourth-order valence-corrected chi connectivity index (χ4v) is 4.55. The number of ether oxygens (including phenoxy) is 1. The molecule has 1 aliphatic heterocycles. The number of carbonyl (C=O) groups excluding carboxylic acids is 1. The molecule has 0 saturated carbocycles. The van der Waals surface area contributed by atoms with Crippen molar-refractivity contribution in [1.82, 2.24) is 0 Å². The number of hydrogen-bond acceptors (Lipinski definition) is 6. The number of hydrogen-bond donors (Lipinski definition) is 3. The molecule has 1 fully saturated rings. The predicted octanol–water partition coefficient (Wildman–Crippen LogP) is 6.27. The number of alkyl halides is 3. The largest absolute Gasteiger partial charge is 0.573 e. The van der Waals surface area contributed by atoms with E-state index in [0.29, 0.717) is 22.2 Å². The maximum Gasteiger partial charge on any atom is 0.573 e. The standard InChI is InChI=1S/C16H13F3N4O.C12H14N2OS/c17-16(18,19)24-14-7-5-13(6-8-14)22-10-23-15(21)12-3-1-11(9-20)2-4-12;1-7-4-8(2)11(9(3)5-7)14-10(15)6-16-12(14)13/h1-10,20H,(H2,21,22,23);4-5,13H,6H2,1-3H3. The van der Waals surface area contributed by atoms with E-state index in [0.717, 1.165) is 34.5 Å². The van der Waals surface area contributed by atoms with Crippen molar-refractivity contribution in [2.45, 2.75) is 27.1 Å². The second-order valence-corrected chi connectivity index (χ2v) is 9.60. The lowest BCUT2D eigenvalue weighted by Gasteiger charge is -2.20. The monoisotopic (exact) mass is 568 g/mol. The molecular formula is C28H27F3N6O2S. The second kappa shape index (κ2) is 13.1. The van der Waals surface area contributed by atoms with Crippen LogP contribution in [0.4, 0.5) is 24.5 Å². The van der Waals surface area contributed by atoms with E-state index >= 15 is 0 Å². The summed E-state index contributed by atoms with van der Waals surface area (Å²) < 4.78 is 39.9. The van der Waals surface area contributed by atoms with E-state index in [9.17, 15) is 18.0 Å². The third-order valence-corrected chi connectivity index (χ3v) is 6.34. The highest BCUT2D eigenvalue weighted by Gasteiger charge is 2.31. The topological polar surface area (TPSA) is 128 Å².